The largest absolute Gasteiger partial charge is 0.353 e. The molecule has 4 aromatic rings. The Labute approximate surface area is 181 Å². The molecule has 4 rings (SSSR count). The average Bonchev–Trinajstić information content (AvgIpc) is 3.12. The second kappa shape index (κ2) is 9.13. The molecule has 158 valence electrons. The number of nitrogens with zero attached hydrogens (tertiary/aromatic N) is 1. The van der Waals surface area contributed by atoms with E-state index in [0.29, 0.717) is 25.2 Å². The SMILES string of the molecule is CC(C)c1ccc(NC(=O)CCCc2c(-c3ccccn3)[nH]c3ccc(F)cc23)cc1. The van der Waals surface area contributed by atoms with E-state index in [2.05, 4.69) is 29.1 Å². The highest BCUT2D eigenvalue weighted by Gasteiger charge is 2.15. The maximum absolute atomic E-state index is 13.9. The molecule has 0 aliphatic heterocycles. The number of carbonyl (C=O) groups is 1. The lowest BCUT2D eigenvalue weighted by Crippen LogP contribution is -2.11. The first-order valence-electron chi connectivity index (χ1n) is 10.6. The fourth-order valence-corrected chi connectivity index (χ4v) is 3.81. The Morgan fingerprint density at radius 1 is 1.10 bits per heavy atom. The van der Waals surface area contributed by atoms with E-state index in [1.807, 2.05) is 42.5 Å². The highest BCUT2D eigenvalue weighted by Crippen LogP contribution is 2.31. The van der Waals surface area contributed by atoms with Crippen molar-refractivity contribution < 1.29 is 9.18 Å². The molecule has 2 aromatic heterocycles. The van der Waals surface area contributed by atoms with Gasteiger partial charge in [-0.2, -0.15) is 0 Å². The van der Waals surface area contributed by atoms with Crippen molar-refractivity contribution in [2.24, 2.45) is 0 Å². The lowest BCUT2D eigenvalue weighted by molar-refractivity contribution is -0.116. The van der Waals surface area contributed by atoms with E-state index in [0.717, 1.165) is 33.5 Å². The molecule has 0 radical (unpaired) electrons. The van der Waals surface area contributed by atoms with Crippen LogP contribution in [0.1, 0.15) is 43.7 Å². The average molecular weight is 416 g/mol. The van der Waals surface area contributed by atoms with E-state index in [4.69, 9.17) is 0 Å². The van der Waals surface area contributed by atoms with E-state index in [-0.39, 0.29) is 11.7 Å². The number of aromatic amines is 1. The lowest BCUT2D eigenvalue weighted by atomic mass is 10.0. The van der Waals surface area contributed by atoms with E-state index in [1.165, 1.54) is 11.6 Å². The van der Waals surface area contributed by atoms with Crippen LogP contribution in [0.4, 0.5) is 10.1 Å². The molecule has 2 N–H and O–H groups in total. The smallest absolute Gasteiger partial charge is 0.224 e. The summed E-state index contributed by atoms with van der Waals surface area (Å²) in [6.45, 7) is 4.28. The number of H-pyrrole nitrogens is 1. The van der Waals surface area contributed by atoms with Crippen molar-refractivity contribution in [3.05, 3.63) is 83.8 Å². The van der Waals surface area contributed by atoms with Crippen LogP contribution in [-0.4, -0.2) is 15.9 Å². The second-order valence-electron chi connectivity index (χ2n) is 8.06. The summed E-state index contributed by atoms with van der Waals surface area (Å²) in [6, 6.07) is 18.4. The van der Waals surface area contributed by atoms with Gasteiger partial charge >= 0.3 is 0 Å². The number of hydrogen-bond donors (Lipinski definition) is 2. The van der Waals surface area contributed by atoms with Crippen LogP contribution in [0.15, 0.2) is 66.9 Å². The Balaban J connectivity index is 1.47. The fourth-order valence-electron chi connectivity index (χ4n) is 3.81. The Bertz CT molecular complexity index is 1180. The first-order valence-corrected chi connectivity index (χ1v) is 10.6. The molecule has 0 fully saturated rings. The van der Waals surface area contributed by atoms with Crippen molar-refractivity contribution in [2.45, 2.75) is 39.0 Å². The summed E-state index contributed by atoms with van der Waals surface area (Å²) in [6.07, 6.45) is 3.42. The number of nitrogens with one attached hydrogen (secondary N) is 2. The minimum atomic E-state index is -0.275. The minimum Gasteiger partial charge on any atom is -0.353 e. The number of halogens is 1. The third kappa shape index (κ3) is 4.82. The summed E-state index contributed by atoms with van der Waals surface area (Å²) in [5.41, 5.74) is 5.59. The first-order chi connectivity index (χ1) is 15.0. The number of fused-ring (bicyclic) bond motifs is 1. The lowest BCUT2D eigenvalue weighted by Gasteiger charge is -2.09. The zero-order valence-corrected chi connectivity index (χ0v) is 17.8. The van der Waals surface area contributed by atoms with Gasteiger partial charge in [-0.3, -0.25) is 9.78 Å². The monoisotopic (exact) mass is 415 g/mol. The maximum atomic E-state index is 13.9. The quantitative estimate of drug-likeness (QED) is 0.364. The third-order valence-corrected chi connectivity index (χ3v) is 5.48. The van der Waals surface area contributed by atoms with Crippen LogP contribution < -0.4 is 5.32 Å². The molecule has 0 aliphatic carbocycles. The van der Waals surface area contributed by atoms with E-state index in [9.17, 15) is 9.18 Å². The molecule has 0 spiro atoms. The summed E-state index contributed by atoms with van der Waals surface area (Å²) in [4.78, 5) is 20.3. The summed E-state index contributed by atoms with van der Waals surface area (Å²) in [7, 11) is 0. The molecule has 0 saturated heterocycles. The molecule has 0 bridgehead atoms. The molecule has 2 heterocycles. The summed E-state index contributed by atoms with van der Waals surface area (Å²) in [5, 5.41) is 3.80. The van der Waals surface area contributed by atoms with Crippen LogP contribution in [0.25, 0.3) is 22.3 Å². The van der Waals surface area contributed by atoms with Crippen LogP contribution in [0, 0.1) is 5.82 Å². The van der Waals surface area contributed by atoms with Gasteiger partial charge in [-0.1, -0.05) is 32.0 Å². The van der Waals surface area contributed by atoms with Crippen LogP contribution in [0.2, 0.25) is 0 Å². The second-order valence-corrected chi connectivity index (χ2v) is 8.06. The Morgan fingerprint density at radius 2 is 1.90 bits per heavy atom. The van der Waals surface area contributed by atoms with Crippen molar-refractivity contribution in [1.29, 1.82) is 0 Å². The molecule has 2 aromatic carbocycles. The molecule has 1 amide bonds. The van der Waals surface area contributed by atoms with Crippen LogP contribution in [-0.2, 0) is 11.2 Å². The molecule has 4 nitrogen and oxygen atoms in total. The molecule has 0 aliphatic rings. The van der Waals surface area contributed by atoms with Gasteiger partial charge in [-0.15, -0.1) is 0 Å². The standard InChI is InChI=1S/C26H26FN3O/c1-17(2)18-9-12-20(13-10-18)29-25(31)8-5-6-21-22-16-19(27)11-14-23(22)30-26(21)24-7-3-4-15-28-24/h3-4,7,9-17,30H,5-6,8H2,1-2H3,(H,29,31). The Hall–Kier alpha value is -3.47. The molecule has 0 saturated carbocycles. The number of anilines is 1. The number of aryl methyl sites for hydroxylation is 1. The topological polar surface area (TPSA) is 57.8 Å². The predicted octanol–water partition coefficient (Wildman–Crippen LogP) is 6.45. The molecule has 0 unspecified atom stereocenters. The van der Waals surface area contributed by atoms with E-state index in [1.54, 1.807) is 18.3 Å². The van der Waals surface area contributed by atoms with Gasteiger partial charge in [0.1, 0.15) is 5.82 Å². The number of carbonyl (C=O) groups excluding carboxylic acids is 1. The van der Waals surface area contributed by atoms with Gasteiger partial charge in [0.25, 0.3) is 0 Å². The number of hydrogen-bond acceptors (Lipinski definition) is 2. The molecule has 0 atom stereocenters. The number of amides is 1. The van der Waals surface area contributed by atoms with Crippen molar-refractivity contribution in [1.82, 2.24) is 9.97 Å². The van der Waals surface area contributed by atoms with Crippen molar-refractivity contribution >= 4 is 22.5 Å². The van der Waals surface area contributed by atoms with Crippen LogP contribution in [0.5, 0.6) is 0 Å². The third-order valence-electron chi connectivity index (χ3n) is 5.48. The van der Waals surface area contributed by atoms with Gasteiger partial charge in [0.05, 0.1) is 11.4 Å². The fraction of sp³-hybridized carbons (Fsp3) is 0.231. The normalized spacial score (nSPS) is 11.2. The first kappa shape index (κ1) is 20.8. The predicted molar refractivity (Wildman–Crippen MR) is 124 cm³/mol. The minimum absolute atomic E-state index is 0.0253. The number of benzene rings is 2. The highest BCUT2D eigenvalue weighted by atomic mass is 19.1. The summed E-state index contributed by atoms with van der Waals surface area (Å²) >= 11 is 0. The van der Waals surface area contributed by atoms with Crippen molar-refractivity contribution in [2.75, 3.05) is 5.32 Å². The van der Waals surface area contributed by atoms with Gasteiger partial charge in [-0.25, -0.2) is 4.39 Å². The van der Waals surface area contributed by atoms with Crippen molar-refractivity contribution in [3.63, 3.8) is 0 Å². The van der Waals surface area contributed by atoms with Gasteiger partial charge in [0.15, 0.2) is 0 Å². The highest BCUT2D eigenvalue weighted by molar-refractivity contribution is 5.92. The van der Waals surface area contributed by atoms with E-state index < -0.39 is 0 Å². The van der Waals surface area contributed by atoms with Crippen LogP contribution in [0.3, 0.4) is 0 Å². The van der Waals surface area contributed by atoms with Gasteiger partial charge in [0.2, 0.25) is 5.91 Å². The van der Waals surface area contributed by atoms with Crippen molar-refractivity contribution in [3.8, 4) is 11.4 Å². The van der Waals surface area contributed by atoms with Gasteiger partial charge < -0.3 is 10.3 Å². The maximum Gasteiger partial charge on any atom is 0.224 e. The van der Waals surface area contributed by atoms with Crippen LogP contribution >= 0.6 is 0 Å². The van der Waals surface area contributed by atoms with E-state index >= 15 is 0 Å². The Morgan fingerprint density at radius 3 is 2.61 bits per heavy atom. The number of aromatic nitrogens is 2. The zero-order valence-electron chi connectivity index (χ0n) is 17.8. The number of pyridine rings is 1. The summed E-state index contributed by atoms with van der Waals surface area (Å²) in [5.74, 6) is 0.157. The molecule has 5 heteroatoms. The zero-order chi connectivity index (χ0) is 21.8. The van der Waals surface area contributed by atoms with Gasteiger partial charge in [-0.05, 0) is 72.4 Å². The number of rotatable bonds is 7. The molecular weight excluding hydrogens is 389 g/mol. The summed E-state index contributed by atoms with van der Waals surface area (Å²) < 4.78 is 13.9. The molecule has 31 heavy (non-hydrogen) atoms. The van der Waals surface area contributed by atoms with Gasteiger partial charge in [0, 0.05) is 29.2 Å². The Kier molecular flexibility index (Phi) is 6.12. The molecular formula is C26H26FN3O.